The molecule has 3 fully saturated rings. The molecule has 0 bridgehead atoms. The van der Waals surface area contributed by atoms with Crippen molar-refractivity contribution >= 4 is 0 Å². The van der Waals surface area contributed by atoms with Crippen LogP contribution < -0.4 is 0 Å². The first-order valence-electron chi connectivity index (χ1n) is 11.3. The second kappa shape index (κ2) is 7.85. The molecular formula is C25H38. The molecule has 1 aromatic rings. The van der Waals surface area contributed by atoms with E-state index >= 15 is 0 Å². The zero-order valence-corrected chi connectivity index (χ0v) is 16.6. The van der Waals surface area contributed by atoms with E-state index in [9.17, 15) is 0 Å². The zero-order valence-electron chi connectivity index (χ0n) is 16.6. The van der Waals surface area contributed by atoms with Gasteiger partial charge < -0.3 is 0 Å². The quantitative estimate of drug-likeness (QED) is 0.535. The van der Waals surface area contributed by atoms with Gasteiger partial charge in [0.2, 0.25) is 0 Å². The molecule has 138 valence electrons. The summed E-state index contributed by atoms with van der Waals surface area (Å²) in [5.74, 6) is 6.20. The van der Waals surface area contributed by atoms with Gasteiger partial charge in [-0.05, 0) is 106 Å². The minimum absolute atomic E-state index is 0.841. The van der Waals surface area contributed by atoms with Crippen molar-refractivity contribution in [1.82, 2.24) is 0 Å². The largest absolute Gasteiger partial charge is 0.0651 e. The Labute approximate surface area is 155 Å². The molecule has 0 aliphatic heterocycles. The molecule has 25 heavy (non-hydrogen) atoms. The van der Waals surface area contributed by atoms with Crippen LogP contribution in [-0.4, -0.2) is 0 Å². The van der Waals surface area contributed by atoms with E-state index in [0.717, 1.165) is 35.5 Å². The van der Waals surface area contributed by atoms with Gasteiger partial charge in [-0.15, -0.1) is 0 Å². The predicted molar refractivity (Wildman–Crippen MR) is 108 cm³/mol. The molecule has 0 heterocycles. The molecule has 4 unspecified atom stereocenters. The highest BCUT2D eigenvalue weighted by Crippen LogP contribution is 2.50. The number of hydrogen-bond acceptors (Lipinski definition) is 0. The second-order valence-corrected chi connectivity index (χ2v) is 9.70. The summed E-state index contributed by atoms with van der Waals surface area (Å²) < 4.78 is 0. The third-order valence-corrected chi connectivity index (χ3v) is 8.33. The average Bonchev–Trinajstić information content (AvgIpc) is 2.68. The summed E-state index contributed by atoms with van der Waals surface area (Å²) in [4.78, 5) is 0. The summed E-state index contributed by atoms with van der Waals surface area (Å²) in [6.07, 6.45) is 16.7. The average molecular weight is 339 g/mol. The third-order valence-electron chi connectivity index (χ3n) is 8.33. The van der Waals surface area contributed by atoms with Crippen LogP contribution in [0.5, 0.6) is 0 Å². The van der Waals surface area contributed by atoms with E-state index in [4.69, 9.17) is 0 Å². The molecule has 0 N–H and O–H groups in total. The molecule has 4 rings (SSSR count). The lowest BCUT2D eigenvalue weighted by Gasteiger charge is -2.45. The summed E-state index contributed by atoms with van der Waals surface area (Å²) in [6, 6.07) is 9.38. The van der Waals surface area contributed by atoms with Crippen molar-refractivity contribution in [3.05, 3.63) is 35.4 Å². The molecule has 3 aliphatic rings. The van der Waals surface area contributed by atoms with Crippen molar-refractivity contribution in [2.75, 3.05) is 0 Å². The Balaban J connectivity index is 1.29. The maximum atomic E-state index is 2.41. The SMILES string of the molecule is CCC1CCC2CC(C3CCC(c4ccc(C)cc4)CC3)CCC2C1. The van der Waals surface area contributed by atoms with Crippen LogP contribution in [0.4, 0.5) is 0 Å². The summed E-state index contributed by atoms with van der Waals surface area (Å²) in [7, 11) is 0. The van der Waals surface area contributed by atoms with Crippen molar-refractivity contribution in [3.8, 4) is 0 Å². The second-order valence-electron chi connectivity index (χ2n) is 9.70. The van der Waals surface area contributed by atoms with Crippen LogP contribution in [0.1, 0.15) is 94.6 Å². The van der Waals surface area contributed by atoms with Crippen LogP contribution in [0.25, 0.3) is 0 Å². The van der Waals surface area contributed by atoms with Gasteiger partial charge in [0.15, 0.2) is 0 Å². The van der Waals surface area contributed by atoms with Gasteiger partial charge in [0, 0.05) is 0 Å². The normalized spacial score (nSPS) is 39.0. The minimum Gasteiger partial charge on any atom is -0.0651 e. The molecule has 0 saturated heterocycles. The van der Waals surface area contributed by atoms with Crippen molar-refractivity contribution < 1.29 is 0 Å². The number of fused-ring (bicyclic) bond motifs is 1. The van der Waals surface area contributed by atoms with E-state index < -0.39 is 0 Å². The van der Waals surface area contributed by atoms with Gasteiger partial charge in [-0.2, -0.15) is 0 Å². The summed E-state index contributed by atoms with van der Waals surface area (Å²) in [6.45, 7) is 4.61. The minimum atomic E-state index is 0.841. The van der Waals surface area contributed by atoms with Crippen LogP contribution in [0.3, 0.4) is 0 Å². The summed E-state index contributed by atoms with van der Waals surface area (Å²) >= 11 is 0. The smallest absolute Gasteiger partial charge is 0.0162 e. The molecule has 0 amide bonds. The highest BCUT2D eigenvalue weighted by atomic mass is 14.4. The Kier molecular flexibility index (Phi) is 5.53. The lowest BCUT2D eigenvalue weighted by molar-refractivity contribution is 0.0629. The first-order chi connectivity index (χ1) is 12.2. The fourth-order valence-electron chi connectivity index (χ4n) is 6.58. The summed E-state index contributed by atoms with van der Waals surface area (Å²) in [5.41, 5.74) is 3.00. The summed E-state index contributed by atoms with van der Waals surface area (Å²) in [5, 5.41) is 0. The van der Waals surface area contributed by atoms with Crippen LogP contribution >= 0.6 is 0 Å². The first kappa shape index (κ1) is 17.6. The van der Waals surface area contributed by atoms with Crippen LogP contribution in [0.15, 0.2) is 24.3 Å². The molecule has 0 aromatic heterocycles. The molecule has 3 aliphatic carbocycles. The van der Waals surface area contributed by atoms with E-state index in [2.05, 4.69) is 38.1 Å². The van der Waals surface area contributed by atoms with Gasteiger partial charge in [-0.3, -0.25) is 0 Å². The Morgan fingerprint density at radius 2 is 1.24 bits per heavy atom. The maximum Gasteiger partial charge on any atom is -0.0162 e. The number of benzene rings is 1. The fourth-order valence-corrected chi connectivity index (χ4v) is 6.58. The first-order valence-corrected chi connectivity index (χ1v) is 11.3. The molecule has 0 nitrogen and oxygen atoms in total. The number of hydrogen-bond donors (Lipinski definition) is 0. The van der Waals surface area contributed by atoms with Gasteiger partial charge >= 0.3 is 0 Å². The van der Waals surface area contributed by atoms with Crippen molar-refractivity contribution in [2.24, 2.45) is 29.6 Å². The fraction of sp³-hybridized carbons (Fsp3) is 0.760. The van der Waals surface area contributed by atoms with Gasteiger partial charge in [0.05, 0.1) is 0 Å². The highest BCUT2D eigenvalue weighted by molar-refractivity contribution is 5.24. The van der Waals surface area contributed by atoms with E-state index in [-0.39, 0.29) is 0 Å². The molecule has 4 atom stereocenters. The van der Waals surface area contributed by atoms with E-state index in [1.807, 2.05) is 0 Å². The van der Waals surface area contributed by atoms with Crippen molar-refractivity contribution in [1.29, 1.82) is 0 Å². The lowest BCUT2D eigenvalue weighted by atomic mass is 9.60. The van der Waals surface area contributed by atoms with Gasteiger partial charge in [-0.1, -0.05) is 49.6 Å². The van der Waals surface area contributed by atoms with Crippen LogP contribution in [0.2, 0.25) is 0 Å². The molecule has 0 spiro atoms. The molecular weight excluding hydrogens is 300 g/mol. The Morgan fingerprint density at radius 1 is 0.680 bits per heavy atom. The predicted octanol–water partition coefficient (Wildman–Crippen LogP) is 7.51. The van der Waals surface area contributed by atoms with E-state index in [0.29, 0.717) is 0 Å². The van der Waals surface area contributed by atoms with Gasteiger partial charge in [-0.25, -0.2) is 0 Å². The highest BCUT2D eigenvalue weighted by Gasteiger charge is 2.38. The third kappa shape index (κ3) is 3.99. The topological polar surface area (TPSA) is 0 Å². The van der Waals surface area contributed by atoms with Crippen LogP contribution in [-0.2, 0) is 0 Å². The van der Waals surface area contributed by atoms with Crippen molar-refractivity contribution in [2.45, 2.75) is 90.4 Å². The van der Waals surface area contributed by atoms with Gasteiger partial charge in [0.1, 0.15) is 0 Å². The zero-order chi connectivity index (χ0) is 17.2. The molecule has 3 saturated carbocycles. The Bertz CT molecular complexity index is 534. The monoisotopic (exact) mass is 338 g/mol. The molecule has 1 aromatic carbocycles. The maximum absolute atomic E-state index is 2.41. The number of aryl methyl sites for hydroxylation is 1. The number of rotatable bonds is 3. The Hall–Kier alpha value is -0.780. The molecule has 0 heteroatoms. The Morgan fingerprint density at radius 3 is 1.92 bits per heavy atom. The van der Waals surface area contributed by atoms with Gasteiger partial charge in [0.25, 0.3) is 0 Å². The van der Waals surface area contributed by atoms with Crippen LogP contribution in [0, 0.1) is 36.5 Å². The van der Waals surface area contributed by atoms with E-state index in [1.54, 1.807) is 37.7 Å². The van der Waals surface area contributed by atoms with E-state index in [1.165, 1.54) is 44.1 Å². The lowest BCUT2D eigenvalue weighted by Crippen LogP contribution is -2.34. The van der Waals surface area contributed by atoms with Crippen molar-refractivity contribution in [3.63, 3.8) is 0 Å². The molecule has 0 radical (unpaired) electrons. The standard InChI is InChI=1S/C25H38/c1-3-19-6-9-25-17-24(15-14-23(25)16-19)22-12-10-21(11-13-22)20-7-4-18(2)5-8-20/h4-5,7-8,19,21-25H,3,6,9-17H2,1-2H3.